The number of rotatable bonds is 8. The van der Waals surface area contributed by atoms with E-state index in [4.69, 9.17) is 4.74 Å². The van der Waals surface area contributed by atoms with Gasteiger partial charge in [-0.15, -0.1) is 0 Å². The van der Waals surface area contributed by atoms with Crippen LogP contribution in [0.2, 0.25) is 0 Å². The van der Waals surface area contributed by atoms with E-state index in [2.05, 4.69) is 5.32 Å². The maximum Gasteiger partial charge on any atom is 0.307 e. The molecule has 8 nitrogen and oxygen atoms in total. The van der Waals surface area contributed by atoms with Crippen LogP contribution in [0.15, 0.2) is 53.4 Å². The van der Waals surface area contributed by atoms with Crippen LogP contribution >= 0.6 is 0 Å². The number of piperidine rings is 1. The van der Waals surface area contributed by atoms with Gasteiger partial charge in [-0.25, -0.2) is 12.8 Å². The molecule has 2 aromatic rings. The molecule has 1 N–H and O–H groups in total. The number of amides is 1. The highest BCUT2D eigenvalue weighted by atomic mass is 32.2. The normalized spacial score (nSPS) is 16.0. The van der Waals surface area contributed by atoms with Crippen LogP contribution in [-0.4, -0.2) is 50.6 Å². The van der Waals surface area contributed by atoms with Crippen molar-refractivity contribution in [3.8, 4) is 0 Å². The molecule has 1 amide bonds. The Balaban J connectivity index is 1.64. The summed E-state index contributed by atoms with van der Waals surface area (Å²) in [4.78, 5) is 36.3. The van der Waals surface area contributed by atoms with Gasteiger partial charge in [0.2, 0.25) is 15.9 Å². The molecular weight excluding hydrogens is 463 g/mol. The maximum absolute atomic E-state index is 13.3. The van der Waals surface area contributed by atoms with Gasteiger partial charge in [0.15, 0.2) is 5.78 Å². The second-order valence-electron chi connectivity index (χ2n) is 8.15. The van der Waals surface area contributed by atoms with E-state index in [1.54, 1.807) is 0 Å². The highest BCUT2D eigenvalue weighted by Crippen LogP contribution is 2.26. The lowest BCUT2D eigenvalue weighted by Crippen LogP contribution is -2.44. The average Bonchev–Trinajstić information content (AvgIpc) is 2.84. The summed E-state index contributed by atoms with van der Waals surface area (Å²) in [6.45, 7) is 1.73. The van der Waals surface area contributed by atoms with Gasteiger partial charge in [-0.05, 0) is 49.6 Å². The maximum atomic E-state index is 13.3. The molecule has 1 fully saturated rings. The predicted octanol–water partition coefficient (Wildman–Crippen LogP) is 2.85. The summed E-state index contributed by atoms with van der Waals surface area (Å²) in [6, 6.07) is 10.6. The molecule has 0 spiro atoms. The smallest absolute Gasteiger partial charge is 0.307 e. The standard InChI is InChI=1S/C24H27FN2O6S/c1-16(28)17-5-9-21(10-6-17)34(31,32)27-13-11-19(12-14-27)24(30)26-22(15-23(29)33-2)18-3-7-20(25)8-4-18/h3-10,19,22H,11-15H2,1-2H3,(H,26,30). The summed E-state index contributed by atoms with van der Waals surface area (Å²) in [5.41, 5.74) is 0.992. The fourth-order valence-corrected chi connectivity index (χ4v) is 5.33. The number of nitrogens with one attached hydrogen (secondary N) is 1. The van der Waals surface area contributed by atoms with Crippen LogP contribution in [0, 0.1) is 11.7 Å². The summed E-state index contributed by atoms with van der Waals surface area (Å²) in [7, 11) is -2.50. The first-order valence-electron chi connectivity index (χ1n) is 10.9. The molecule has 0 radical (unpaired) electrons. The lowest BCUT2D eigenvalue weighted by atomic mass is 9.95. The highest BCUT2D eigenvalue weighted by Gasteiger charge is 2.33. The van der Waals surface area contributed by atoms with Gasteiger partial charge in [0.05, 0.1) is 24.5 Å². The number of esters is 1. The van der Waals surface area contributed by atoms with Crippen molar-refractivity contribution in [2.24, 2.45) is 5.92 Å². The Hall–Kier alpha value is -3.11. The van der Waals surface area contributed by atoms with Crippen molar-refractivity contribution in [1.29, 1.82) is 0 Å². The number of Topliss-reactive ketones (excluding diaryl/α,β-unsaturated/α-hetero) is 1. The number of hydrogen-bond donors (Lipinski definition) is 1. The summed E-state index contributed by atoms with van der Waals surface area (Å²) in [5, 5.41) is 2.83. The van der Waals surface area contributed by atoms with Crippen LogP contribution in [-0.2, 0) is 24.3 Å². The van der Waals surface area contributed by atoms with Crippen LogP contribution < -0.4 is 5.32 Å². The molecular formula is C24H27FN2O6S. The molecule has 182 valence electrons. The number of hydrogen-bond acceptors (Lipinski definition) is 6. The fourth-order valence-electron chi connectivity index (χ4n) is 3.86. The van der Waals surface area contributed by atoms with Crippen molar-refractivity contribution in [3.05, 3.63) is 65.5 Å². The van der Waals surface area contributed by atoms with E-state index in [0.717, 1.165) is 0 Å². The molecule has 10 heteroatoms. The Kier molecular flexibility index (Phi) is 8.16. The first kappa shape index (κ1) is 25.5. The zero-order valence-electron chi connectivity index (χ0n) is 19.0. The molecule has 1 atom stereocenters. The van der Waals surface area contributed by atoms with Crippen molar-refractivity contribution in [2.45, 2.75) is 37.1 Å². The van der Waals surface area contributed by atoms with Gasteiger partial charge >= 0.3 is 5.97 Å². The molecule has 0 bridgehead atoms. The Morgan fingerprint density at radius 3 is 2.18 bits per heavy atom. The van der Waals surface area contributed by atoms with Gasteiger partial charge in [-0.3, -0.25) is 14.4 Å². The van der Waals surface area contributed by atoms with Crippen LogP contribution in [0.25, 0.3) is 0 Å². The van der Waals surface area contributed by atoms with E-state index in [-0.39, 0.29) is 36.1 Å². The van der Waals surface area contributed by atoms with E-state index >= 15 is 0 Å². The van der Waals surface area contributed by atoms with Crippen LogP contribution in [0.1, 0.15) is 48.1 Å². The number of carbonyl (C=O) groups excluding carboxylic acids is 3. The zero-order valence-corrected chi connectivity index (χ0v) is 19.8. The van der Waals surface area contributed by atoms with Gasteiger partial charge in [0, 0.05) is 24.6 Å². The number of methoxy groups -OCH3 is 1. The van der Waals surface area contributed by atoms with Crippen molar-refractivity contribution in [1.82, 2.24) is 9.62 Å². The quantitative estimate of drug-likeness (QED) is 0.450. The minimum atomic E-state index is -3.75. The van der Waals surface area contributed by atoms with E-state index in [1.807, 2.05) is 0 Å². The third-order valence-electron chi connectivity index (χ3n) is 5.91. The van der Waals surface area contributed by atoms with Crippen molar-refractivity contribution < 1.29 is 31.9 Å². The molecule has 1 aliphatic heterocycles. The lowest BCUT2D eigenvalue weighted by Gasteiger charge is -2.31. The summed E-state index contributed by atoms with van der Waals surface area (Å²) in [6.07, 6.45) is 0.507. The molecule has 0 saturated carbocycles. The Bertz CT molecular complexity index is 1140. The molecule has 3 rings (SSSR count). The Labute approximate surface area is 198 Å². The number of halogens is 1. The minimum Gasteiger partial charge on any atom is -0.469 e. The van der Waals surface area contributed by atoms with Gasteiger partial charge in [0.25, 0.3) is 0 Å². The fraction of sp³-hybridized carbons (Fsp3) is 0.375. The lowest BCUT2D eigenvalue weighted by molar-refractivity contribution is -0.141. The van der Waals surface area contributed by atoms with Crippen LogP contribution in [0.3, 0.4) is 0 Å². The third-order valence-corrected chi connectivity index (χ3v) is 7.82. The number of ether oxygens (including phenoxy) is 1. The number of carbonyl (C=O) groups is 3. The largest absolute Gasteiger partial charge is 0.469 e. The second kappa shape index (κ2) is 10.9. The highest BCUT2D eigenvalue weighted by molar-refractivity contribution is 7.89. The summed E-state index contributed by atoms with van der Waals surface area (Å²) < 4.78 is 45.2. The predicted molar refractivity (Wildman–Crippen MR) is 122 cm³/mol. The number of sulfonamides is 1. The topological polar surface area (TPSA) is 110 Å². The summed E-state index contributed by atoms with van der Waals surface area (Å²) in [5.74, 6) is -1.85. The zero-order chi connectivity index (χ0) is 24.9. The first-order valence-corrected chi connectivity index (χ1v) is 12.3. The number of nitrogens with zero attached hydrogens (tertiary/aromatic N) is 1. The molecule has 0 aliphatic carbocycles. The van der Waals surface area contributed by atoms with E-state index in [1.165, 1.54) is 66.9 Å². The third kappa shape index (κ3) is 6.06. The van der Waals surface area contributed by atoms with Gasteiger partial charge < -0.3 is 10.1 Å². The second-order valence-corrected chi connectivity index (χ2v) is 10.1. The van der Waals surface area contributed by atoms with Gasteiger partial charge in [-0.2, -0.15) is 4.31 Å². The monoisotopic (exact) mass is 490 g/mol. The van der Waals surface area contributed by atoms with E-state index in [0.29, 0.717) is 24.0 Å². The Morgan fingerprint density at radius 1 is 1.06 bits per heavy atom. The van der Waals surface area contributed by atoms with Crippen molar-refractivity contribution >= 4 is 27.7 Å². The van der Waals surface area contributed by atoms with Gasteiger partial charge in [-0.1, -0.05) is 24.3 Å². The van der Waals surface area contributed by atoms with Gasteiger partial charge in [0.1, 0.15) is 5.82 Å². The van der Waals surface area contributed by atoms with E-state index < -0.39 is 33.8 Å². The molecule has 1 aliphatic rings. The average molecular weight is 491 g/mol. The Morgan fingerprint density at radius 2 is 1.65 bits per heavy atom. The van der Waals surface area contributed by atoms with Crippen LogP contribution in [0.5, 0.6) is 0 Å². The molecule has 2 aromatic carbocycles. The number of benzene rings is 2. The first-order chi connectivity index (χ1) is 16.1. The minimum absolute atomic E-state index is 0.0925. The molecule has 34 heavy (non-hydrogen) atoms. The molecule has 1 unspecified atom stereocenters. The van der Waals surface area contributed by atoms with E-state index in [9.17, 15) is 27.2 Å². The molecule has 0 aromatic heterocycles. The van der Waals surface area contributed by atoms with Crippen molar-refractivity contribution in [3.63, 3.8) is 0 Å². The molecule has 1 heterocycles. The SMILES string of the molecule is COC(=O)CC(NC(=O)C1CCN(S(=O)(=O)c2ccc(C(C)=O)cc2)CC1)c1ccc(F)cc1. The number of ketones is 1. The summed E-state index contributed by atoms with van der Waals surface area (Å²) >= 11 is 0. The van der Waals surface area contributed by atoms with Crippen LogP contribution in [0.4, 0.5) is 4.39 Å². The molecule has 1 saturated heterocycles. The van der Waals surface area contributed by atoms with Crippen molar-refractivity contribution in [2.75, 3.05) is 20.2 Å².